The molecule has 0 saturated heterocycles. The maximum Gasteiger partial charge on any atom is 0.123 e. The summed E-state index contributed by atoms with van der Waals surface area (Å²) in [7, 11) is 0. The van der Waals surface area contributed by atoms with Crippen molar-refractivity contribution in [3.63, 3.8) is 0 Å². The molecule has 1 aromatic heterocycles. The van der Waals surface area contributed by atoms with Crippen LogP contribution in [0, 0.1) is 12.7 Å². The highest BCUT2D eigenvalue weighted by Crippen LogP contribution is 2.24. The van der Waals surface area contributed by atoms with Gasteiger partial charge in [-0.15, -0.1) is 0 Å². The first-order valence-corrected chi connectivity index (χ1v) is 4.98. The number of furan rings is 1. The standard InChI is InChI=1S/C12H13FN2O/c1-8-11(6-7-16-8)12(15-14)9-2-4-10(13)5-3-9/h2-7,12,15H,14H2,1H3. The van der Waals surface area contributed by atoms with Crippen LogP contribution >= 0.6 is 0 Å². The summed E-state index contributed by atoms with van der Waals surface area (Å²) >= 11 is 0. The second kappa shape index (κ2) is 4.47. The molecular weight excluding hydrogens is 207 g/mol. The highest BCUT2D eigenvalue weighted by molar-refractivity contribution is 5.32. The third kappa shape index (κ3) is 1.98. The van der Waals surface area contributed by atoms with E-state index < -0.39 is 0 Å². The van der Waals surface area contributed by atoms with Crippen LogP contribution in [-0.4, -0.2) is 0 Å². The molecule has 0 aliphatic heterocycles. The smallest absolute Gasteiger partial charge is 0.123 e. The first-order valence-electron chi connectivity index (χ1n) is 4.98. The number of hydrazine groups is 1. The third-order valence-corrected chi connectivity index (χ3v) is 2.58. The fraction of sp³-hybridized carbons (Fsp3) is 0.167. The third-order valence-electron chi connectivity index (χ3n) is 2.58. The number of hydrogen-bond acceptors (Lipinski definition) is 3. The summed E-state index contributed by atoms with van der Waals surface area (Å²) in [4.78, 5) is 0. The molecule has 84 valence electrons. The Balaban J connectivity index is 2.37. The Morgan fingerprint density at radius 1 is 1.25 bits per heavy atom. The minimum absolute atomic E-state index is 0.181. The molecule has 0 bridgehead atoms. The molecule has 0 fully saturated rings. The summed E-state index contributed by atoms with van der Waals surface area (Å²) < 4.78 is 18.0. The van der Waals surface area contributed by atoms with Crippen molar-refractivity contribution in [3.05, 3.63) is 59.3 Å². The van der Waals surface area contributed by atoms with E-state index in [0.29, 0.717) is 0 Å². The zero-order valence-corrected chi connectivity index (χ0v) is 8.91. The predicted molar refractivity (Wildman–Crippen MR) is 59.0 cm³/mol. The minimum Gasteiger partial charge on any atom is -0.469 e. The van der Waals surface area contributed by atoms with Gasteiger partial charge in [0.2, 0.25) is 0 Å². The second-order valence-electron chi connectivity index (χ2n) is 3.58. The van der Waals surface area contributed by atoms with E-state index in [2.05, 4.69) is 5.43 Å². The van der Waals surface area contributed by atoms with Crippen LogP contribution < -0.4 is 11.3 Å². The average Bonchev–Trinajstić information content (AvgIpc) is 2.69. The van der Waals surface area contributed by atoms with E-state index in [1.807, 2.05) is 13.0 Å². The summed E-state index contributed by atoms with van der Waals surface area (Å²) in [6.07, 6.45) is 1.61. The van der Waals surface area contributed by atoms with Crippen LogP contribution in [0.2, 0.25) is 0 Å². The van der Waals surface area contributed by atoms with Gasteiger partial charge in [-0.1, -0.05) is 12.1 Å². The number of rotatable bonds is 3. The summed E-state index contributed by atoms with van der Waals surface area (Å²) in [6, 6.07) is 7.89. The molecule has 0 saturated carbocycles. The second-order valence-corrected chi connectivity index (χ2v) is 3.58. The van der Waals surface area contributed by atoms with E-state index in [1.54, 1.807) is 18.4 Å². The first kappa shape index (κ1) is 10.9. The Bertz CT molecular complexity index is 464. The monoisotopic (exact) mass is 220 g/mol. The van der Waals surface area contributed by atoms with E-state index >= 15 is 0 Å². The lowest BCUT2D eigenvalue weighted by atomic mass is 10.00. The van der Waals surface area contributed by atoms with E-state index in [-0.39, 0.29) is 11.9 Å². The van der Waals surface area contributed by atoms with Crippen LogP contribution in [0.3, 0.4) is 0 Å². The van der Waals surface area contributed by atoms with Crippen LogP contribution in [0.5, 0.6) is 0 Å². The highest BCUT2D eigenvalue weighted by atomic mass is 19.1. The highest BCUT2D eigenvalue weighted by Gasteiger charge is 2.16. The van der Waals surface area contributed by atoms with E-state index in [9.17, 15) is 4.39 Å². The van der Waals surface area contributed by atoms with Gasteiger partial charge >= 0.3 is 0 Å². The molecule has 1 unspecified atom stereocenters. The minimum atomic E-state index is -0.261. The number of nitrogens with two attached hydrogens (primary N) is 1. The van der Waals surface area contributed by atoms with Crippen molar-refractivity contribution in [1.82, 2.24) is 5.43 Å². The molecule has 0 radical (unpaired) electrons. The molecule has 3 nitrogen and oxygen atoms in total. The fourth-order valence-corrected chi connectivity index (χ4v) is 1.72. The molecular formula is C12H13FN2O. The molecule has 16 heavy (non-hydrogen) atoms. The Morgan fingerprint density at radius 2 is 1.94 bits per heavy atom. The van der Waals surface area contributed by atoms with Gasteiger partial charge in [0.05, 0.1) is 12.3 Å². The number of benzene rings is 1. The molecule has 3 N–H and O–H groups in total. The average molecular weight is 220 g/mol. The van der Waals surface area contributed by atoms with Crippen LogP contribution in [-0.2, 0) is 0 Å². The molecule has 0 aliphatic carbocycles. The summed E-state index contributed by atoms with van der Waals surface area (Å²) in [5.41, 5.74) is 4.55. The van der Waals surface area contributed by atoms with Crippen LogP contribution in [0.4, 0.5) is 4.39 Å². The van der Waals surface area contributed by atoms with Crippen molar-refractivity contribution in [3.8, 4) is 0 Å². The molecule has 0 spiro atoms. The van der Waals surface area contributed by atoms with Crippen molar-refractivity contribution in [2.75, 3.05) is 0 Å². The van der Waals surface area contributed by atoms with Crippen LogP contribution in [0.1, 0.15) is 22.9 Å². The zero-order chi connectivity index (χ0) is 11.5. The van der Waals surface area contributed by atoms with Gasteiger partial charge in [-0.2, -0.15) is 0 Å². The van der Waals surface area contributed by atoms with E-state index in [0.717, 1.165) is 16.9 Å². The van der Waals surface area contributed by atoms with Crippen molar-refractivity contribution in [2.24, 2.45) is 5.84 Å². The molecule has 0 amide bonds. The molecule has 1 atom stereocenters. The number of hydrogen-bond donors (Lipinski definition) is 2. The van der Waals surface area contributed by atoms with Crippen LogP contribution in [0.15, 0.2) is 41.0 Å². The maximum absolute atomic E-state index is 12.8. The summed E-state index contributed by atoms with van der Waals surface area (Å²) in [5, 5.41) is 0. The van der Waals surface area contributed by atoms with Gasteiger partial charge in [-0.05, 0) is 30.7 Å². The van der Waals surface area contributed by atoms with Gasteiger partial charge in [-0.3, -0.25) is 5.84 Å². The van der Waals surface area contributed by atoms with Gasteiger partial charge < -0.3 is 4.42 Å². The van der Waals surface area contributed by atoms with Gasteiger partial charge in [0.15, 0.2) is 0 Å². The van der Waals surface area contributed by atoms with Gasteiger partial charge in [0.1, 0.15) is 11.6 Å². The van der Waals surface area contributed by atoms with Gasteiger partial charge in [0, 0.05) is 5.56 Å². The van der Waals surface area contributed by atoms with Gasteiger partial charge in [0.25, 0.3) is 0 Å². The SMILES string of the molecule is Cc1occc1C(NN)c1ccc(F)cc1. The van der Waals surface area contributed by atoms with E-state index in [4.69, 9.17) is 10.3 Å². The fourth-order valence-electron chi connectivity index (χ4n) is 1.72. The van der Waals surface area contributed by atoms with E-state index in [1.165, 1.54) is 12.1 Å². The van der Waals surface area contributed by atoms with Gasteiger partial charge in [-0.25, -0.2) is 9.82 Å². The number of halogens is 1. The lowest BCUT2D eigenvalue weighted by Crippen LogP contribution is -2.28. The predicted octanol–water partition coefficient (Wildman–Crippen LogP) is 2.28. The van der Waals surface area contributed by atoms with Crippen LogP contribution in [0.25, 0.3) is 0 Å². The molecule has 0 aliphatic rings. The van der Waals surface area contributed by atoms with Crippen molar-refractivity contribution in [1.29, 1.82) is 0 Å². The summed E-state index contributed by atoms with van der Waals surface area (Å²) in [6.45, 7) is 1.86. The Labute approximate surface area is 93.0 Å². The quantitative estimate of drug-likeness (QED) is 0.616. The number of aryl methyl sites for hydroxylation is 1. The number of nitrogens with one attached hydrogen (secondary N) is 1. The van der Waals surface area contributed by atoms with Crippen molar-refractivity contribution < 1.29 is 8.81 Å². The Hall–Kier alpha value is -1.65. The largest absolute Gasteiger partial charge is 0.469 e. The molecule has 2 rings (SSSR count). The molecule has 1 aromatic carbocycles. The normalized spacial score (nSPS) is 12.7. The molecule has 4 heteroatoms. The topological polar surface area (TPSA) is 51.2 Å². The van der Waals surface area contributed by atoms with Crippen molar-refractivity contribution in [2.45, 2.75) is 13.0 Å². The lowest BCUT2D eigenvalue weighted by Gasteiger charge is -2.15. The van der Waals surface area contributed by atoms with Crippen molar-refractivity contribution >= 4 is 0 Å². The maximum atomic E-state index is 12.8. The molecule has 2 aromatic rings. The Morgan fingerprint density at radius 3 is 2.44 bits per heavy atom. The Kier molecular flexibility index (Phi) is 3.03. The molecule has 1 heterocycles. The lowest BCUT2D eigenvalue weighted by molar-refractivity contribution is 0.520. The summed E-state index contributed by atoms with van der Waals surface area (Å²) in [5.74, 6) is 6.06. The zero-order valence-electron chi connectivity index (χ0n) is 8.91. The first-order chi connectivity index (χ1) is 7.72.